The quantitative estimate of drug-likeness (QED) is 0.487. The molecule has 1 unspecified atom stereocenters. The molecule has 0 spiro atoms. The lowest BCUT2D eigenvalue weighted by molar-refractivity contribution is 0.0523. The number of nitrogens with zero attached hydrogens (tertiary/aromatic N) is 2. The molecule has 3 aromatic rings. The molecule has 34 heavy (non-hydrogen) atoms. The van der Waals surface area contributed by atoms with Crippen LogP contribution in [0.2, 0.25) is 0 Å². The first-order valence-corrected chi connectivity index (χ1v) is 11.2. The second-order valence-corrected chi connectivity index (χ2v) is 8.04. The van der Waals surface area contributed by atoms with Gasteiger partial charge in [-0.2, -0.15) is 0 Å². The number of aromatic nitrogens is 2. The highest BCUT2D eigenvalue weighted by Crippen LogP contribution is 2.41. The van der Waals surface area contributed by atoms with Gasteiger partial charge < -0.3 is 29.0 Å². The van der Waals surface area contributed by atoms with E-state index in [1.807, 2.05) is 16.7 Å². The zero-order valence-electron chi connectivity index (χ0n) is 19.4. The molecule has 1 atom stereocenters. The van der Waals surface area contributed by atoms with Crippen LogP contribution in [0.3, 0.4) is 0 Å². The van der Waals surface area contributed by atoms with Crippen molar-refractivity contribution in [1.29, 1.82) is 0 Å². The molecule has 1 aliphatic rings. The largest absolute Gasteiger partial charge is 0.494 e. The molecule has 2 aromatic heterocycles. The van der Waals surface area contributed by atoms with Crippen molar-refractivity contribution in [2.45, 2.75) is 39.3 Å². The highest BCUT2D eigenvalue weighted by Gasteiger charge is 2.27. The van der Waals surface area contributed by atoms with Crippen LogP contribution in [0, 0.1) is 0 Å². The van der Waals surface area contributed by atoms with Gasteiger partial charge in [-0.25, -0.2) is 4.79 Å². The third-order valence-corrected chi connectivity index (χ3v) is 6.07. The molecule has 0 amide bonds. The first-order valence-electron chi connectivity index (χ1n) is 11.2. The number of hydrogen-bond acceptors (Lipinski definition) is 7. The van der Waals surface area contributed by atoms with Crippen molar-refractivity contribution in [3.63, 3.8) is 0 Å². The lowest BCUT2D eigenvalue weighted by Crippen LogP contribution is -2.26. The molecular formula is C25H28N2O7. The van der Waals surface area contributed by atoms with Crippen LogP contribution < -0.4 is 14.9 Å². The Labute approximate surface area is 196 Å². The van der Waals surface area contributed by atoms with Crippen molar-refractivity contribution in [3.05, 3.63) is 57.9 Å². The maximum absolute atomic E-state index is 12.7. The molecule has 0 saturated carbocycles. The molecule has 9 heteroatoms. The van der Waals surface area contributed by atoms with E-state index < -0.39 is 11.4 Å². The lowest BCUT2D eigenvalue weighted by atomic mass is 9.90. The minimum atomic E-state index is -0.621. The molecule has 0 fully saturated rings. The van der Waals surface area contributed by atoms with Crippen LogP contribution in [0.5, 0.6) is 23.3 Å². The average Bonchev–Trinajstić information content (AvgIpc) is 3.15. The molecule has 0 saturated heterocycles. The van der Waals surface area contributed by atoms with E-state index in [0.29, 0.717) is 23.6 Å². The van der Waals surface area contributed by atoms with E-state index in [1.165, 1.54) is 29.9 Å². The van der Waals surface area contributed by atoms with Crippen LogP contribution in [0.15, 0.2) is 41.3 Å². The standard InChI is InChI=1S/C25H28N2O7/c1-4-16-10-15-11-22(34-9-8-26-23(29)6-7-24(26)30)21(32-3)12-17(15)19-13-20(28)18(14-27(16)19)25(31)33-5-2/h6-7,11-14,16,29-30H,4-5,8-10H2,1-3H3. The second kappa shape index (κ2) is 9.54. The number of methoxy groups -OCH3 is 1. The van der Waals surface area contributed by atoms with Gasteiger partial charge in [0.15, 0.2) is 28.7 Å². The third kappa shape index (κ3) is 4.21. The first-order chi connectivity index (χ1) is 16.4. The summed E-state index contributed by atoms with van der Waals surface area (Å²) in [6.45, 7) is 4.40. The number of benzene rings is 1. The monoisotopic (exact) mass is 468 g/mol. The summed E-state index contributed by atoms with van der Waals surface area (Å²) in [6, 6.07) is 8.07. The fourth-order valence-corrected chi connectivity index (χ4v) is 4.33. The van der Waals surface area contributed by atoms with Crippen LogP contribution >= 0.6 is 0 Å². The number of carbonyl (C=O) groups excluding carboxylic acids is 1. The van der Waals surface area contributed by atoms with Crippen LogP contribution in [-0.2, 0) is 17.7 Å². The molecule has 1 aliphatic heterocycles. The zero-order valence-corrected chi connectivity index (χ0v) is 19.4. The summed E-state index contributed by atoms with van der Waals surface area (Å²) in [5.74, 6) is 0.302. The molecule has 0 bridgehead atoms. The maximum Gasteiger partial charge on any atom is 0.343 e. The van der Waals surface area contributed by atoms with Crippen LogP contribution in [0.4, 0.5) is 0 Å². The van der Waals surface area contributed by atoms with E-state index in [9.17, 15) is 19.8 Å². The van der Waals surface area contributed by atoms with Crippen molar-refractivity contribution < 1.29 is 29.2 Å². The van der Waals surface area contributed by atoms with Gasteiger partial charge >= 0.3 is 5.97 Å². The Hall–Kier alpha value is -3.88. The summed E-state index contributed by atoms with van der Waals surface area (Å²) in [5.41, 5.74) is 2.17. The van der Waals surface area contributed by atoms with E-state index in [1.54, 1.807) is 13.1 Å². The van der Waals surface area contributed by atoms with Gasteiger partial charge in [0.05, 0.1) is 26.0 Å². The Morgan fingerprint density at radius 3 is 2.50 bits per heavy atom. The Bertz CT molecular complexity index is 1260. The van der Waals surface area contributed by atoms with Crippen molar-refractivity contribution in [3.8, 4) is 34.5 Å². The van der Waals surface area contributed by atoms with Crippen molar-refractivity contribution in [2.24, 2.45) is 0 Å². The predicted molar refractivity (Wildman–Crippen MR) is 125 cm³/mol. The number of esters is 1. The van der Waals surface area contributed by atoms with Crippen molar-refractivity contribution >= 4 is 5.97 Å². The Balaban J connectivity index is 1.68. The number of aromatic hydroxyl groups is 2. The molecular weight excluding hydrogens is 440 g/mol. The molecule has 2 N–H and O–H groups in total. The highest BCUT2D eigenvalue weighted by atomic mass is 16.5. The summed E-state index contributed by atoms with van der Waals surface area (Å²) in [4.78, 5) is 25.0. The smallest absolute Gasteiger partial charge is 0.343 e. The summed E-state index contributed by atoms with van der Waals surface area (Å²) in [5, 5.41) is 19.6. The minimum Gasteiger partial charge on any atom is -0.494 e. The van der Waals surface area contributed by atoms with Gasteiger partial charge in [0.2, 0.25) is 0 Å². The van der Waals surface area contributed by atoms with Gasteiger partial charge in [0.1, 0.15) is 12.2 Å². The lowest BCUT2D eigenvalue weighted by Gasteiger charge is -2.31. The predicted octanol–water partition coefficient (Wildman–Crippen LogP) is 3.50. The summed E-state index contributed by atoms with van der Waals surface area (Å²) in [6.07, 6.45) is 3.08. The number of ether oxygens (including phenoxy) is 3. The van der Waals surface area contributed by atoms with E-state index in [4.69, 9.17) is 14.2 Å². The fourth-order valence-electron chi connectivity index (χ4n) is 4.33. The summed E-state index contributed by atoms with van der Waals surface area (Å²) < 4.78 is 19.8. The fraction of sp³-hybridized carbons (Fsp3) is 0.360. The van der Waals surface area contributed by atoms with E-state index in [2.05, 4.69) is 6.92 Å². The van der Waals surface area contributed by atoms with Gasteiger partial charge in [-0.05, 0) is 37.5 Å². The first kappa shape index (κ1) is 23.3. The van der Waals surface area contributed by atoms with Gasteiger partial charge in [0.25, 0.3) is 0 Å². The molecule has 1 aromatic carbocycles. The summed E-state index contributed by atoms with van der Waals surface area (Å²) in [7, 11) is 1.53. The van der Waals surface area contributed by atoms with E-state index in [-0.39, 0.29) is 43.1 Å². The zero-order chi connectivity index (χ0) is 24.4. The Kier molecular flexibility index (Phi) is 6.54. The Morgan fingerprint density at radius 1 is 1.12 bits per heavy atom. The molecule has 0 radical (unpaired) electrons. The van der Waals surface area contributed by atoms with Gasteiger partial charge in [0, 0.05) is 36.0 Å². The SMILES string of the molecule is CCOC(=O)c1cn2c(cc1=O)-c1cc(OC)c(OCCn3c(O)ccc3O)cc1CC2CC. The number of pyridine rings is 1. The normalized spacial score (nSPS) is 14.3. The summed E-state index contributed by atoms with van der Waals surface area (Å²) >= 11 is 0. The van der Waals surface area contributed by atoms with Crippen molar-refractivity contribution in [2.75, 3.05) is 20.3 Å². The Morgan fingerprint density at radius 2 is 1.85 bits per heavy atom. The van der Waals surface area contributed by atoms with E-state index in [0.717, 1.165) is 17.5 Å². The average molecular weight is 469 g/mol. The number of rotatable bonds is 8. The number of fused-ring (bicyclic) bond motifs is 3. The van der Waals surface area contributed by atoms with Gasteiger partial charge in [-0.15, -0.1) is 0 Å². The topological polar surface area (TPSA) is 112 Å². The van der Waals surface area contributed by atoms with Crippen LogP contribution in [-0.4, -0.2) is 45.6 Å². The van der Waals surface area contributed by atoms with Gasteiger partial charge in [-0.3, -0.25) is 9.36 Å². The third-order valence-electron chi connectivity index (χ3n) is 6.07. The van der Waals surface area contributed by atoms with Gasteiger partial charge in [-0.1, -0.05) is 6.92 Å². The van der Waals surface area contributed by atoms with E-state index >= 15 is 0 Å². The highest BCUT2D eigenvalue weighted by molar-refractivity contribution is 5.89. The number of hydrogen-bond donors (Lipinski definition) is 2. The molecule has 9 nitrogen and oxygen atoms in total. The molecule has 3 heterocycles. The molecule has 4 rings (SSSR count). The second-order valence-electron chi connectivity index (χ2n) is 8.04. The number of carbonyl (C=O) groups is 1. The van der Waals surface area contributed by atoms with Crippen LogP contribution in [0.1, 0.15) is 42.2 Å². The molecule has 180 valence electrons. The maximum atomic E-state index is 12.7. The van der Waals surface area contributed by atoms with Crippen LogP contribution in [0.25, 0.3) is 11.3 Å². The molecule has 0 aliphatic carbocycles. The van der Waals surface area contributed by atoms with Crippen molar-refractivity contribution in [1.82, 2.24) is 9.13 Å². The minimum absolute atomic E-state index is 0.0240.